The van der Waals surface area contributed by atoms with Gasteiger partial charge in [-0.3, -0.25) is 4.98 Å². The number of thioether (sulfide) groups is 1. The Morgan fingerprint density at radius 1 is 1.58 bits per heavy atom. The molecule has 0 saturated heterocycles. The summed E-state index contributed by atoms with van der Waals surface area (Å²) in [6.07, 6.45) is 5.25. The number of carbonyl (C=O) groups is 1. The lowest BCUT2D eigenvalue weighted by molar-refractivity contribution is 0.0695. The van der Waals surface area contributed by atoms with Crippen LogP contribution in [0.4, 0.5) is 0 Å². The molecule has 1 aliphatic rings. The summed E-state index contributed by atoms with van der Waals surface area (Å²) in [4.78, 5) is 15.3. The van der Waals surface area contributed by atoms with Gasteiger partial charge in [0.1, 0.15) is 0 Å². The Morgan fingerprint density at radius 3 is 3.16 bits per heavy atom. The van der Waals surface area contributed by atoms with Crippen molar-refractivity contribution in [2.24, 2.45) is 0 Å². The molecule has 104 valence electrons. The smallest absolute Gasteiger partial charge is 0.337 e. The van der Waals surface area contributed by atoms with E-state index in [1.807, 2.05) is 11.8 Å². The SMILES string of the molecule is CCSC1CCC(NCc2ncccc2C(=O)O)C1. The van der Waals surface area contributed by atoms with Crippen LogP contribution in [0.1, 0.15) is 42.2 Å². The number of carboxylic acids is 1. The minimum atomic E-state index is -0.907. The molecule has 2 unspecified atom stereocenters. The van der Waals surface area contributed by atoms with Crippen LogP contribution >= 0.6 is 11.8 Å². The molecule has 0 amide bonds. The lowest BCUT2D eigenvalue weighted by Crippen LogP contribution is -2.27. The van der Waals surface area contributed by atoms with Crippen molar-refractivity contribution >= 4 is 17.7 Å². The van der Waals surface area contributed by atoms with Gasteiger partial charge in [0.15, 0.2) is 0 Å². The molecule has 0 aliphatic heterocycles. The standard InChI is InChI=1S/C14H20N2O2S/c1-2-19-11-6-5-10(8-11)16-9-13-12(14(17)18)4-3-7-15-13/h3-4,7,10-11,16H,2,5-6,8-9H2,1H3,(H,17,18). The van der Waals surface area contributed by atoms with E-state index in [0.29, 0.717) is 23.8 Å². The van der Waals surface area contributed by atoms with Crippen LogP contribution in [0.5, 0.6) is 0 Å². The van der Waals surface area contributed by atoms with E-state index < -0.39 is 5.97 Å². The summed E-state index contributed by atoms with van der Waals surface area (Å²) in [7, 11) is 0. The second-order valence-corrected chi connectivity index (χ2v) is 6.35. The number of nitrogens with one attached hydrogen (secondary N) is 1. The molecule has 1 fully saturated rings. The van der Waals surface area contributed by atoms with E-state index in [-0.39, 0.29) is 0 Å². The summed E-state index contributed by atoms with van der Waals surface area (Å²) >= 11 is 2.02. The third kappa shape index (κ3) is 3.94. The van der Waals surface area contributed by atoms with Crippen molar-refractivity contribution < 1.29 is 9.90 Å². The van der Waals surface area contributed by atoms with Gasteiger partial charge in [0, 0.05) is 24.0 Å². The van der Waals surface area contributed by atoms with Crippen molar-refractivity contribution in [2.45, 2.75) is 44.0 Å². The molecular weight excluding hydrogens is 260 g/mol. The summed E-state index contributed by atoms with van der Waals surface area (Å²) < 4.78 is 0. The van der Waals surface area contributed by atoms with Crippen molar-refractivity contribution in [3.05, 3.63) is 29.6 Å². The highest BCUT2D eigenvalue weighted by Crippen LogP contribution is 2.29. The highest BCUT2D eigenvalue weighted by Gasteiger charge is 2.24. The Morgan fingerprint density at radius 2 is 2.42 bits per heavy atom. The summed E-state index contributed by atoms with van der Waals surface area (Å²) in [5.74, 6) is 0.261. The maximum absolute atomic E-state index is 11.1. The Hall–Kier alpha value is -1.07. The van der Waals surface area contributed by atoms with Gasteiger partial charge in [-0.1, -0.05) is 6.92 Å². The van der Waals surface area contributed by atoms with Gasteiger partial charge in [-0.2, -0.15) is 11.8 Å². The fraction of sp³-hybridized carbons (Fsp3) is 0.571. The lowest BCUT2D eigenvalue weighted by Gasteiger charge is -2.13. The predicted octanol–water partition coefficient (Wildman–Crippen LogP) is 2.54. The third-order valence-corrected chi connectivity index (χ3v) is 4.70. The molecule has 5 heteroatoms. The number of aromatic carboxylic acids is 1. The van der Waals surface area contributed by atoms with Gasteiger partial charge in [0.25, 0.3) is 0 Å². The Bertz CT molecular complexity index is 439. The zero-order valence-electron chi connectivity index (χ0n) is 11.1. The van der Waals surface area contributed by atoms with Gasteiger partial charge in [0.2, 0.25) is 0 Å². The molecule has 2 N–H and O–H groups in total. The van der Waals surface area contributed by atoms with Gasteiger partial charge in [-0.25, -0.2) is 4.79 Å². The predicted molar refractivity (Wildman–Crippen MR) is 77.6 cm³/mol. The Kier molecular flexibility index (Phi) is 5.22. The number of nitrogens with zero attached hydrogens (tertiary/aromatic N) is 1. The first-order valence-electron chi connectivity index (χ1n) is 6.73. The molecule has 0 spiro atoms. The first-order chi connectivity index (χ1) is 9.20. The topological polar surface area (TPSA) is 62.2 Å². The van der Waals surface area contributed by atoms with Crippen LogP contribution in [0.2, 0.25) is 0 Å². The van der Waals surface area contributed by atoms with E-state index in [1.165, 1.54) is 25.0 Å². The number of pyridine rings is 1. The van der Waals surface area contributed by atoms with Crippen molar-refractivity contribution in [3.8, 4) is 0 Å². The van der Waals surface area contributed by atoms with Crippen molar-refractivity contribution in [3.63, 3.8) is 0 Å². The molecule has 0 aromatic carbocycles. The van der Waals surface area contributed by atoms with Crippen LogP contribution in [0.25, 0.3) is 0 Å². The van der Waals surface area contributed by atoms with Crippen molar-refractivity contribution in [2.75, 3.05) is 5.75 Å². The first-order valence-corrected chi connectivity index (χ1v) is 7.77. The molecule has 0 radical (unpaired) electrons. The van der Waals surface area contributed by atoms with Gasteiger partial charge in [-0.15, -0.1) is 0 Å². The van der Waals surface area contributed by atoms with Crippen molar-refractivity contribution in [1.82, 2.24) is 10.3 Å². The molecule has 0 bridgehead atoms. The third-order valence-electron chi connectivity index (χ3n) is 3.47. The summed E-state index contributed by atoms with van der Waals surface area (Å²) in [5.41, 5.74) is 0.925. The quantitative estimate of drug-likeness (QED) is 0.838. The summed E-state index contributed by atoms with van der Waals surface area (Å²) in [5, 5.41) is 13.3. The zero-order chi connectivity index (χ0) is 13.7. The average Bonchev–Trinajstić information content (AvgIpc) is 2.85. The van der Waals surface area contributed by atoms with E-state index in [9.17, 15) is 4.79 Å². The first kappa shape index (κ1) is 14.3. The van der Waals surface area contributed by atoms with E-state index in [1.54, 1.807) is 18.3 Å². The maximum Gasteiger partial charge on any atom is 0.337 e. The fourth-order valence-corrected chi connectivity index (χ4v) is 3.67. The van der Waals surface area contributed by atoms with Crippen molar-refractivity contribution in [1.29, 1.82) is 0 Å². The normalized spacial score (nSPS) is 22.6. The number of rotatable bonds is 6. The van der Waals surface area contributed by atoms with E-state index in [0.717, 1.165) is 5.25 Å². The molecule has 19 heavy (non-hydrogen) atoms. The van der Waals surface area contributed by atoms with E-state index >= 15 is 0 Å². The molecule has 1 aromatic heterocycles. The Balaban J connectivity index is 1.88. The molecule has 4 nitrogen and oxygen atoms in total. The van der Waals surface area contributed by atoms with Crippen LogP contribution in [0, 0.1) is 0 Å². The van der Waals surface area contributed by atoms with Gasteiger partial charge in [-0.05, 0) is 37.1 Å². The molecule has 1 heterocycles. The van der Waals surface area contributed by atoms with Crippen LogP contribution < -0.4 is 5.32 Å². The molecular formula is C14H20N2O2S. The Labute approximate surface area is 118 Å². The number of carboxylic acid groups (broad SMARTS) is 1. The van der Waals surface area contributed by atoms with Crippen LogP contribution in [-0.2, 0) is 6.54 Å². The second kappa shape index (κ2) is 6.91. The molecule has 1 aliphatic carbocycles. The lowest BCUT2D eigenvalue weighted by atomic mass is 10.2. The fourth-order valence-electron chi connectivity index (χ4n) is 2.53. The maximum atomic E-state index is 11.1. The molecule has 2 atom stereocenters. The van der Waals surface area contributed by atoms with Crippen LogP contribution in [0.3, 0.4) is 0 Å². The number of hydrogen-bond donors (Lipinski definition) is 2. The van der Waals surface area contributed by atoms with E-state index in [4.69, 9.17) is 5.11 Å². The highest BCUT2D eigenvalue weighted by molar-refractivity contribution is 7.99. The monoisotopic (exact) mass is 280 g/mol. The largest absolute Gasteiger partial charge is 0.478 e. The molecule has 2 rings (SSSR count). The van der Waals surface area contributed by atoms with Gasteiger partial charge in [0.05, 0.1) is 11.3 Å². The van der Waals surface area contributed by atoms with E-state index in [2.05, 4.69) is 17.2 Å². The number of aromatic nitrogens is 1. The minimum Gasteiger partial charge on any atom is -0.478 e. The second-order valence-electron chi connectivity index (χ2n) is 4.77. The van der Waals surface area contributed by atoms with Gasteiger partial charge < -0.3 is 10.4 Å². The number of hydrogen-bond acceptors (Lipinski definition) is 4. The summed E-state index contributed by atoms with van der Waals surface area (Å²) in [6.45, 7) is 2.73. The molecule has 1 aromatic rings. The minimum absolute atomic E-state index is 0.299. The zero-order valence-corrected chi connectivity index (χ0v) is 11.9. The summed E-state index contributed by atoms with van der Waals surface area (Å²) in [6, 6.07) is 3.76. The van der Waals surface area contributed by atoms with Crippen LogP contribution in [-0.4, -0.2) is 33.1 Å². The van der Waals surface area contributed by atoms with Gasteiger partial charge >= 0.3 is 5.97 Å². The molecule has 1 saturated carbocycles. The average molecular weight is 280 g/mol. The van der Waals surface area contributed by atoms with Crippen LogP contribution in [0.15, 0.2) is 18.3 Å². The highest BCUT2D eigenvalue weighted by atomic mass is 32.2.